The highest BCUT2D eigenvalue weighted by Gasteiger charge is 2.35. The van der Waals surface area contributed by atoms with Crippen molar-refractivity contribution in [2.45, 2.75) is 31.5 Å². The lowest BCUT2D eigenvalue weighted by Crippen LogP contribution is -2.30. The molecule has 0 aromatic rings. The van der Waals surface area contributed by atoms with Crippen molar-refractivity contribution in [1.29, 1.82) is 0 Å². The molecule has 4 heteroatoms. The van der Waals surface area contributed by atoms with Gasteiger partial charge in [0, 0.05) is 46.2 Å². The van der Waals surface area contributed by atoms with Gasteiger partial charge < -0.3 is 9.47 Å². The van der Waals surface area contributed by atoms with Gasteiger partial charge in [0.25, 0.3) is 0 Å². The third-order valence-electron chi connectivity index (χ3n) is 3.81. The Hall–Kier alpha value is -0.450. The largest absolute Gasteiger partial charge is 0.377 e. The van der Waals surface area contributed by atoms with Gasteiger partial charge in [-0.05, 0) is 12.8 Å². The molecule has 1 aliphatic carbocycles. The minimum absolute atomic E-state index is 0.154. The number of nitrogens with zero attached hydrogens (tertiary/aromatic N) is 1. The van der Waals surface area contributed by atoms with Gasteiger partial charge in [-0.25, -0.2) is 0 Å². The van der Waals surface area contributed by atoms with Crippen LogP contribution in [-0.4, -0.2) is 56.7 Å². The summed E-state index contributed by atoms with van der Waals surface area (Å²) in [7, 11) is 3.45. The highest BCUT2D eigenvalue weighted by molar-refractivity contribution is 5.83. The number of ketones is 1. The zero-order chi connectivity index (χ0) is 11.5. The summed E-state index contributed by atoms with van der Waals surface area (Å²) in [4.78, 5) is 13.9. The molecule has 1 heterocycles. The zero-order valence-electron chi connectivity index (χ0n) is 10.1. The van der Waals surface area contributed by atoms with E-state index in [0.29, 0.717) is 5.78 Å². The molecule has 0 bridgehead atoms. The van der Waals surface area contributed by atoms with E-state index in [4.69, 9.17) is 9.47 Å². The van der Waals surface area contributed by atoms with Crippen LogP contribution in [0.5, 0.6) is 0 Å². The predicted molar refractivity (Wildman–Crippen MR) is 60.4 cm³/mol. The first-order chi connectivity index (χ1) is 7.74. The summed E-state index contributed by atoms with van der Waals surface area (Å²) in [5, 5.41) is 0. The maximum Gasteiger partial charge on any atom is 0.137 e. The van der Waals surface area contributed by atoms with Crippen molar-refractivity contribution in [2.75, 3.05) is 33.9 Å². The summed E-state index contributed by atoms with van der Waals surface area (Å²) in [6.45, 7) is 2.66. The van der Waals surface area contributed by atoms with E-state index in [9.17, 15) is 4.79 Å². The first-order valence-electron chi connectivity index (χ1n) is 6.05. The van der Waals surface area contributed by atoms with Gasteiger partial charge in [0.1, 0.15) is 5.78 Å². The van der Waals surface area contributed by atoms with E-state index in [1.165, 1.54) is 0 Å². The van der Waals surface area contributed by atoms with E-state index < -0.39 is 0 Å². The van der Waals surface area contributed by atoms with E-state index in [2.05, 4.69) is 4.90 Å². The molecular formula is C12H21NO3. The Kier molecular flexibility index (Phi) is 3.95. The van der Waals surface area contributed by atoms with Crippen LogP contribution >= 0.6 is 0 Å². The Labute approximate surface area is 96.9 Å². The van der Waals surface area contributed by atoms with Gasteiger partial charge in [-0.15, -0.1) is 0 Å². The van der Waals surface area contributed by atoms with Crippen molar-refractivity contribution >= 4 is 5.78 Å². The van der Waals surface area contributed by atoms with Gasteiger partial charge in [-0.2, -0.15) is 0 Å². The van der Waals surface area contributed by atoms with Crippen LogP contribution in [0.3, 0.4) is 0 Å². The number of hydrogen-bond donors (Lipinski definition) is 0. The second-order valence-electron chi connectivity index (χ2n) is 4.82. The Morgan fingerprint density at radius 3 is 2.31 bits per heavy atom. The predicted octanol–water partition coefficient (Wildman–Crippen LogP) is 0.701. The Morgan fingerprint density at radius 1 is 1.25 bits per heavy atom. The van der Waals surface area contributed by atoms with E-state index in [0.717, 1.165) is 38.9 Å². The van der Waals surface area contributed by atoms with E-state index in [-0.39, 0.29) is 18.1 Å². The van der Waals surface area contributed by atoms with Crippen molar-refractivity contribution in [3.63, 3.8) is 0 Å². The van der Waals surface area contributed by atoms with Gasteiger partial charge in [0.05, 0.1) is 12.2 Å². The number of hydrogen-bond acceptors (Lipinski definition) is 4. The third-order valence-corrected chi connectivity index (χ3v) is 3.81. The molecule has 3 unspecified atom stereocenters. The lowest BCUT2D eigenvalue weighted by atomic mass is 10.1. The molecule has 0 amide bonds. The maximum atomic E-state index is 11.6. The monoisotopic (exact) mass is 227 g/mol. The third kappa shape index (κ3) is 2.44. The number of likely N-dealkylation sites (tertiary alicyclic amines) is 1. The van der Waals surface area contributed by atoms with Crippen LogP contribution in [-0.2, 0) is 14.3 Å². The number of ether oxygens (including phenoxy) is 2. The van der Waals surface area contributed by atoms with Gasteiger partial charge in [0.15, 0.2) is 0 Å². The molecule has 0 aromatic heterocycles. The van der Waals surface area contributed by atoms with Gasteiger partial charge in [-0.3, -0.25) is 9.69 Å². The maximum absolute atomic E-state index is 11.6. The highest BCUT2D eigenvalue weighted by Crippen LogP contribution is 2.24. The van der Waals surface area contributed by atoms with Crippen LogP contribution < -0.4 is 0 Å². The molecular weight excluding hydrogens is 206 g/mol. The summed E-state index contributed by atoms with van der Waals surface area (Å²) in [6.07, 6.45) is 3.21. The molecule has 0 spiro atoms. The first-order valence-corrected chi connectivity index (χ1v) is 6.05. The number of methoxy groups -OCH3 is 2. The fraction of sp³-hybridized carbons (Fsp3) is 0.917. The van der Waals surface area contributed by atoms with E-state index in [1.54, 1.807) is 14.2 Å². The molecule has 0 radical (unpaired) electrons. The fourth-order valence-electron chi connectivity index (χ4n) is 2.81. The second-order valence-corrected chi connectivity index (χ2v) is 4.82. The zero-order valence-corrected chi connectivity index (χ0v) is 10.1. The first kappa shape index (κ1) is 12.0. The standard InChI is InChI=1S/C12H21NO3/c1-15-11-7-13(8-12(11)16-2)6-9-4-3-5-10(9)14/h9,11-12H,3-8H2,1-2H3. The summed E-state index contributed by atoms with van der Waals surface area (Å²) in [6, 6.07) is 0. The average Bonchev–Trinajstić information content (AvgIpc) is 2.86. The molecule has 1 aliphatic heterocycles. The fourth-order valence-corrected chi connectivity index (χ4v) is 2.81. The molecule has 3 atom stereocenters. The molecule has 0 N–H and O–H groups in total. The number of carbonyl (C=O) groups is 1. The van der Waals surface area contributed by atoms with Gasteiger partial charge >= 0.3 is 0 Å². The number of Topliss-reactive ketones (excluding diaryl/α,β-unsaturated/α-hetero) is 1. The minimum Gasteiger partial charge on any atom is -0.377 e. The SMILES string of the molecule is COC1CN(CC2CCCC2=O)CC1OC. The summed E-state index contributed by atoms with van der Waals surface area (Å²) >= 11 is 0. The summed E-state index contributed by atoms with van der Waals surface area (Å²) in [5.74, 6) is 0.697. The lowest BCUT2D eigenvalue weighted by molar-refractivity contribution is -0.121. The normalized spacial score (nSPS) is 36.1. The van der Waals surface area contributed by atoms with Gasteiger partial charge in [-0.1, -0.05) is 0 Å². The van der Waals surface area contributed by atoms with Crippen molar-refractivity contribution in [2.24, 2.45) is 5.92 Å². The van der Waals surface area contributed by atoms with Crippen LogP contribution in [0.4, 0.5) is 0 Å². The quantitative estimate of drug-likeness (QED) is 0.708. The molecule has 2 rings (SSSR count). The molecule has 4 nitrogen and oxygen atoms in total. The number of rotatable bonds is 4. The van der Waals surface area contributed by atoms with E-state index >= 15 is 0 Å². The second kappa shape index (κ2) is 5.25. The van der Waals surface area contributed by atoms with Crippen molar-refractivity contribution in [1.82, 2.24) is 4.90 Å². The molecule has 92 valence electrons. The molecule has 16 heavy (non-hydrogen) atoms. The van der Waals surface area contributed by atoms with Crippen LogP contribution in [0.25, 0.3) is 0 Å². The molecule has 2 aliphatic rings. The minimum atomic E-state index is 0.154. The molecule has 1 saturated heterocycles. The number of carbonyl (C=O) groups excluding carboxylic acids is 1. The lowest BCUT2D eigenvalue weighted by Gasteiger charge is -2.18. The van der Waals surface area contributed by atoms with Gasteiger partial charge in [0.2, 0.25) is 0 Å². The average molecular weight is 227 g/mol. The Morgan fingerprint density at radius 2 is 1.88 bits per heavy atom. The van der Waals surface area contributed by atoms with Crippen LogP contribution in [0, 0.1) is 5.92 Å². The topological polar surface area (TPSA) is 38.8 Å². The van der Waals surface area contributed by atoms with Crippen LogP contribution in [0.15, 0.2) is 0 Å². The van der Waals surface area contributed by atoms with Crippen molar-refractivity contribution in [3.05, 3.63) is 0 Å². The molecule has 2 fully saturated rings. The van der Waals surface area contributed by atoms with Crippen LogP contribution in [0.1, 0.15) is 19.3 Å². The smallest absolute Gasteiger partial charge is 0.137 e. The van der Waals surface area contributed by atoms with E-state index in [1.807, 2.05) is 0 Å². The summed E-state index contributed by atoms with van der Waals surface area (Å²) < 4.78 is 10.8. The molecule has 1 saturated carbocycles. The van der Waals surface area contributed by atoms with Crippen molar-refractivity contribution in [3.8, 4) is 0 Å². The Bertz CT molecular complexity index is 245. The van der Waals surface area contributed by atoms with Crippen molar-refractivity contribution < 1.29 is 14.3 Å². The summed E-state index contributed by atoms with van der Waals surface area (Å²) in [5.41, 5.74) is 0. The highest BCUT2D eigenvalue weighted by atomic mass is 16.5. The molecule has 0 aromatic carbocycles. The Balaban J connectivity index is 1.85. The van der Waals surface area contributed by atoms with Crippen LogP contribution in [0.2, 0.25) is 0 Å².